The van der Waals surface area contributed by atoms with E-state index in [0.29, 0.717) is 0 Å². The van der Waals surface area contributed by atoms with Crippen LogP contribution in [0.15, 0.2) is 12.3 Å². The average molecular weight is 264 g/mol. The minimum atomic E-state index is -0.631. The second kappa shape index (κ2) is 4.92. The molecule has 0 atom stereocenters. The fourth-order valence-corrected chi connectivity index (χ4v) is 1.77. The van der Waals surface area contributed by atoms with Gasteiger partial charge in [0.2, 0.25) is 11.8 Å². The molecule has 1 aliphatic heterocycles. The van der Waals surface area contributed by atoms with Gasteiger partial charge in [-0.3, -0.25) is 14.9 Å². The first-order valence-corrected chi connectivity index (χ1v) is 5.42. The molecule has 0 aromatic carbocycles. The number of aromatic nitrogens is 1. The molecule has 1 saturated heterocycles. The number of anilines is 2. The number of pyridine rings is 1. The number of nitrogens with one attached hydrogen (secondary N) is 1. The normalized spacial score (nSPS) is 15.1. The molecule has 1 aliphatic rings. The standard InChI is InChI=1S/C11H12N4O4/c1-19-11(18)7-2-6(12)3-13-10(7)15-4-8(16)14-9(17)5-15/h2-3H,4-5,12H2,1H3,(H,14,16,17). The zero-order valence-electron chi connectivity index (χ0n) is 10.2. The first kappa shape index (κ1) is 12.8. The molecule has 0 aliphatic carbocycles. The summed E-state index contributed by atoms with van der Waals surface area (Å²) in [4.78, 5) is 39.7. The lowest BCUT2D eigenvalue weighted by Crippen LogP contribution is -2.52. The first-order chi connectivity index (χ1) is 9.01. The number of rotatable bonds is 2. The summed E-state index contributed by atoms with van der Waals surface area (Å²) in [6.45, 7) is -0.126. The summed E-state index contributed by atoms with van der Waals surface area (Å²) in [5, 5.41) is 2.16. The van der Waals surface area contributed by atoms with Crippen LogP contribution in [0.4, 0.5) is 11.5 Å². The van der Waals surface area contributed by atoms with Gasteiger partial charge in [-0.1, -0.05) is 0 Å². The Morgan fingerprint density at radius 2 is 2.05 bits per heavy atom. The van der Waals surface area contributed by atoms with Crippen molar-refractivity contribution in [1.29, 1.82) is 0 Å². The van der Waals surface area contributed by atoms with Crippen LogP contribution in [-0.2, 0) is 14.3 Å². The number of carbonyl (C=O) groups excluding carboxylic acids is 3. The Kier molecular flexibility index (Phi) is 3.32. The van der Waals surface area contributed by atoms with Crippen LogP contribution in [0.1, 0.15) is 10.4 Å². The number of hydrogen-bond donors (Lipinski definition) is 2. The predicted molar refractivity (Wildman–Crippen MR) is 65.4 cm³/mol. The molecule has 8 nitrogen and oxygen atoms in total. The Bertz CT molecular complexity index is 542. The smallest absolute Gasteiger partial charge is 0.341 e. The second-order valence-corrected chi connectivity index (χ2v) is 3.96. The van der Waals surface area contributed by atoms with Gasteiger partial charge in [0.1, 0.15) is 11.4 Å². The van der Waals surface area contributed by atoms with Crippen LogP contribution in [0.25, 0.3) is 0 Å². The Balaban J connectivity index is 2.41. The average Bonchev–Trinajstić information content (AvgIpc) is 2.36. The summed E-state index contributed by atoms with van der Waals surface area (Å²) in [7, 11) is 1.23. The van der Waals surface area contributed by atoms with E-state index in [9.17, 15) is 14.4 Å². The molecule has 0 spiro atoms. The van der Waals surface area contributed by atoms with Crippen molar-refractivity contribution in [2.24, 2.45) is 0 Å². The van der Waals surface area contributed by atoms with E-state index in [0.717, 1.165) is 0 Å². The lowest BCUT2D eigenvalue weighted by Gasteiger charge is -2.27. The van der Waals surface area contributed by atoms with Crippen molar-refractivity contribution in [1.82, 2.24) is 10.3 Å². The number of imide groups is 1. The Morgan fingerprint density at radius 1 is 1.42 bits per heavy atom. The van der Waals surface area contributed by atoms with E-state index in [1.54, 1.807) is 0 Å². The van der Waals surface area contributed by atoms with Crippen LogP contribution < -0.4 is 16.0 Å². The van der Waals surface area contributed by atoms with Gasteiger partial charge in [-0.2, -0.15) is 0 Å². The van der Waals surface area contributed by atoms with E-state index in [4.69, 9.17) is 5.73 Å². The molecule has 3 N–H and O–H groups in total. The van der Waals surface area contributed by atoms with Gasteiger partial charge in [0.25, 0.3) is 0 Å². The Labute approximate surface area is 108 Å². The monoisotopic (exact) mass is 264 g/mol. The van der Waals surface area contributed by atoms with Gasteiger partial charge in [0.05, 0.1) is 32.1 Å². The largest absolute Gasteiger partial charge is 0.465 e. The van der Waals surface area contributed by atoms with Crippen LogP contribution in [0.2, 0.25) is 0 Å². The van der Waals surface area contributed by atoms with E-state index in [1.807, 2.05) is 0 Å². The number of ether oxygens (including phenoxy) is 1. The highest BCUT2D eigenvalue weighted by molar-refractivity contribution is 6.04. The Hall–Kier alpha value is -2.64. The molecule has 2 heterocycles. The van der Waals surface area contributed by atoms with Gasteiger partial charge in [-0.15, -0.1) is 0 Å². The van der Waals surface area contributed by atoms with Gasteiger partial charge in [0.15, 0.2) is 0 Å². The quantitative estimate of drug-likeness (QED) is 0.515. The highest BCUT2D eigenvalue weighted by atomic mass is 16.5. The summed E-state index contributed by atoms with van der Waals surface area (Å²) in [5.74, 6) is -1.34. The SMILES string of the molecule is COC(=O)c1cc(N)cnc1N1CC(=O)NC(=O)C1. The van der Waals surface area contributed by atoms with E-state index in [1.165, 1.54) is 24.3 Å². The molecule has 1 fully saturated rings. The summed E-state index contributed by atoms with van der Waals surface area (Å²) < 4.78 is 4.63. The molecule has 0 bridgehead atoms. The molecule has 2 rings (SSSR count). The highest BCUT2D eigenvalue weighted by Crippen LogP contribution is 2.21. The highest BCUT2D eigenvalue weighted by Gasteiger charge is 2.27. The van der Waals surface area contributed by atoms with Crippen LogP contribution in [0, 0.1) is 0 Å². The number of nitrogens with two attached hydrogens (primary N) is 1. The Morgan fingerprint density at radius 3 is 2.63 bits per heavy atom. The molecular weight excluding hydrogens is 252 g/mol. The van der Waals surface area contributed by atoms with E-state index >= 15 is 0 Å². The minimum absolute atomic E-state index is 0.0628. The van der Waals surface area contributed by atoms with Crippen LogP contribution in [0.3, 0.4) is 0 Å². The number of nitrogen functional groups attached to an aromatic ring is 1. The number of hydrogen-bond acceptors (Lipinski definition) is 7. The molecule has 100 valence electrons. The second-order valence-electron chi connectivity index (χ2n) is 3.96. The predicted octanol–water partition coefficient (Wildman–Crippen LogP) is -1.09. The van der Waals surface area contributed by atoms with Crippen molar-refractivity contribution in [3.05, 3.63) is 17.8 Å². The third-order valence-corrected chi connectivity index (χ3v) is 2.54. The maximum Gasteiger partial charge on any atom is 0.341 e. The topological polar surface area (TPSA) is 115 Å². The van der Waals surface area contributed by atoms with Crippen molar-refractivity contribution >= 4 is 29.3 Å². The first-order valence-electron chi connectivity index (χ1n) is 5.42. The van der Waals surface area contributed by atoms with Gasteiger partial charge < -0.3 is 15.4 Å². The molecule has 0 unspecified atom stereocenters. The maximum atomic E-state index is 11.7. The maximum absolute atomic E-state index is 11.7. The third-order valence-electron chi connectivity index (χ3n) is 2.54. The number of amides is 2. The number of piperazine rings is 1. The van der Waals surface area contributed by atoms with Gasteiger partial charge in [-0.05, 0) is 6.07 Å². The van der Waals surface area contributed by atoms with Crippen molar-refractivity contribution in [2.45, 2.75) is 0 Å². The molecule has 8 heteroatoms. The number of nitrogens with zero attached hydrogens (tertiary/aromatic N) is 2. The molecule has 1 aromatic heterocycles. The van der Waals surface area contributed by atoms with Crippen molar-refractivity contribution < 1.29 is 19.1 Å². The lowest BCUT2D eigenvalue weighted by molar-refractivity contribution is -0.130. The number of methoxy groups -OCH3 is 1. The molecule has 19 heavy (non-hydrogen) atoms. The van der Waals surface area contributed by atoms with Crippen LogP contribution >= 0.6 is 0 Å². The molecular formula is C11H12N4O4. The van der Waals surface area contributed by atoms with Crippen LogP contribution in [-0.4, -0.2) is 43.0 Å². The van der Waals surface area contributed by atoms with Gasteiger partial charge in [0, 0.05) is 0 Å². The molecule has 1 aromatic rings. The van der Waals surface area contributed by atoms with E-state index in [2.05, 4.69) is 15.0 Å². The summed E-state index contributed by atoms with van der Waals surface area (Å²) in [6.07, 6.45) is 1.35. The molecule has 0 saturated carbocycles. The van der Waals surface area contributed by atoms with Gasteiger partial charge >= 0.3 is 5.97 Å². The number of esters is 1. The zero-order chi connectivity index (χ0) is 14.0. The summed E-state index contributed by atoms with van der Waals surface area (Å²) in [6, 6.07) is 1.39. The van der Waals surface area contributed by atoms with Crippen molar-refractivity contribution in [2.75, 3.05) is 30.8 Å². The lowest BCUT2D eigenvalue weighted by atomic mass is 10.2. The third kappa shape index (κ3) is 2.62. The zero-order valence-corrected chi connectivity index (χ0v) is 10.2. The van der Waals surface area contributed by atoms with Gasteiger partial charge in [-0.25, -0.2) is 9.78 Å². The summed E-state index contributed by atoms with van der Waals surface area (Å²) in [5.41, 5.74) is 5.97. The van der Waals surface area contributed by atoms with Crippen molar-refractivity contribution in [3.8, 4) is 0 Å². The minimum Gasteiger partial charge on any atom is -0.465 e. The fraction of sp³-hybridized carbons (Fsp3) is 0.273. The van der Waals surface area contributed by atoms with Crippen LogP contribution in [0.5, 0.6) is 0 Å². The van der Waals surface area contributed by atoms with E-state index in [-0.39, 0.29) is 30.2 Å². The van der Waals surface area contributed by atoms with Crippen molar-refractivity contribution in [3.63, 3.8) is 0 Å². The number of carbonyl (C=O) groups is 3. The molecule has 0 radical (unpaired) electrons. The fourth-order valence-electron chi connectivity index (χ4n) is 1.77. The summed E-state index contributed by atoms with van der Waals surface area (Å²) >= 11 is 0. The van der Waals surface area contributed by atoms with E-state index < -0.39 is 17.8 Å². The molecule has 2 amide bonds.